The minimum absolute atomic E-state index is 0.00766. The van der Waals surface area contributed by atoms with Crippen LogP contribution in [0.25, 0.3) is 10.8 Å². The van der Waals surface area contributed by atoms with E-state index in [4.69, 9.17) is 5.11 Å². The molecular formula is C17H17F2N3O4S. The molecule has 0 spiro atoms. The molecule has 2 aliphatic rings. The van der Waals surface area contributed by atoms with E-state index in [1.54, 1.807) is 6.07 Å². The van der Waals surface area contributed by atoms with Crippen LogP contribution < -0.4 is 0 Å². The molecule has 7 nitrogen and oxygen atoms in total. The highest BCUT2D eigenvalue weighted by molar-refractivity contribution is 7.89. The second kappa shape index (κ2) is 6.38. The van der Waals surface area contributed by atoms with E-state index in [-0.39, 0.29) is 48.3 Å². The van der Waals surface area contributed by atoms with Gasteiger partial charge in [0.15, 0.2) is 0 Å². The highest BCUT2D eigenvalue weighted by atomic mass is 32.2. The van der Waals surface area contributed by atoms with Crippen LogP contribution in [-0.2, 0) is 10.0 Å². The van der Waals surface area contributed by atoms with Crippen LogP contribution in [0.2, 0.25) is 0 Å². The predicted molar refractivity (Wildman–Crippen MR) is 92.0 cm³/mol. The standard InChI is InChI=1S/C17H17F2N3O4S/c18-16(19)13-5-20-4-10-2-1-3-14(15(10)13)27(25,26)22-8-11-6-21(17(23)24)7-12(11)9-22/h1-5,11-12,16H,6-9H2,(H,23,24). The molecule has 10 heteroatoms. The fourth-order valence-corrected chi connectivity index (χ4v) is 5.85. The number of benzene rings is 1. The van der Waals surface area contributed by atoms with E-state index in [1.807, 2.05) is 0 Å². The van der Waals surface area contributed by atoms with E-state index in [0.717, 1.165) is 6.20 Å². The van der Waals surface area contributed by atoms with Crippen molar-refractivity contribution in [1.29, 1.82) is 0 Å². The van der Waals surface area contributed by atoms with Crippen LogP contribution in [0.15, 0.2) is 35.5 Å². The summed E-state index contributed by atoms with van der Waals surface area (Å²) >= 11 is 0. The normalized spacial score (nSPS) is 23.3. The first-order chi connectivity index (χ1) is 12.8. The van der Waals surface area contributed by atoms with E-state index in [9.17, 15) is 22.0 Å². The van der Waals surface area contributed by atoms with Gasteiger partial charge in [-0.15, -0.1) is 0 Å². The highest BCUT2D eigenvalue weighted by Crippen LogP contribution is 2.37. The van der Waals surface area contributed by atoms with Crippen molar-refractivity contribution in [3.05, 3.63) is 36.2 Å². The molecule has 2 atom stereocenters. The van der Waals surface area contributed by atoms with Crippen LogP contribution in [-0.4, -0.2) is 60.0 Å². The Balaban J connectivity index is 1.71. The summed E-state index contributed by atoms with van der Waals surface area (Å²) in [7, 11) is -3.99. The molecule has 0 radical (unpaired) electrons. The largest absolute Gasteiger partial charge is 0.465 e. The van der Waals surface area contributed by atoms with Crippen LogP contribution in [0.4, 0.5) is 13.6 Å². The third-order valence-corrected chi connectivity index (χ3v) is 7.22. The number of amides is 1. The SMILES string of the molecule is O=C(O)N1CC2CN(S(=O)(=O)c3cccc4cncc(C(F)F)c34)CC2C1. The van der Waals surface area contributed by atoms with Crippen molar-refractivity contribution in [1.82, 2.24) is 14.2 Å². The number of pyridine rings is 1. The first-order valence-electron chi connectivity index (χ1n) is 8.42. The number of rotatable bonds is 3. The van der Waals surface area contributed by atoms with Gasteiger partial charge in [0.2, 0.25) is 10.0 Å². The number of hydrogen-bond donors (Lipinski definition) is 1. The number of halogens is 2. The number of fused-ring (bicyclic) bond motifs is 2. The molecule has 0 bridgehead atoms. The third-order valence-electron chi connectivity index (χ3n) is 5.35. The van der Waals surface area contributed by atoms with Crippen molar-refractivity contribution >= 4 is 26.9 Å². The molecule has 0 saturated carbocycles. The van der Waals surface area contributed by atoms with Crippen LogP contribution in [0.3, 0.4) is 0 Å². The molecule has 2 aliphatic heterocycles. The molecule has 1 amide bonds. The average Bonchev–Trinajstić information content (AvgIpc) is 3.20. The van der Waals surface area contributed by atoms with E-state index >= 15 is 0 Å². The molecule has 4 rings (SSSR count). The summed E-state index contributed by atoms with van der Waals surface area (Å²) in [4.78, 5) is 16.0. The maximum Gasteiger partial charge on any atom is 0.407 e. The summed E-state index contributed by atoms with van der Waals surface area (Å²) in [5, 5.41) is 9.42. The van der Waals surface area contributed by atoms with Gasteiger partial charge in [-0.2, -0.15) is 4.31 Å². The first-order valence-corrected chi connectivity index (χ1v) is 9.86. The van der Waals surface area contributed by atoms with Gasteiger partial charge in [0, 0.05) is 54.9 Å². The van der Waals surface area contributed by atoms with E-state index < -0.39 is 28.1 Å². The predicted octanol–water partition coefficient (Wildman–Crippen LogP) is 2.40. The highest BCUT2D eigenvalue weighted by Gasteiger charge is 2.45. The molecule has 1 aromatic carbocycles. The summed E-state index contributed by atoms with van der Waals surface area (Å²) in [6.07, 6.45) is -1.50. The lowest BCUT2D eigenvalue weighted by Gasteiger charge is -2.21. The Morgan fingerprint density at radius 1 is 1.15 bits per heavy atom. The lowest BCUT2D eigenvalue weighted by atomic mass is 10.0. The Morgan fingerprint density at radius 3 is 2.41 bits per heavy atom. The number of hydrogen-bond acceptors (Lipinski definition) is 4. The first kappa shape index (κ1) is 18.1. The van der Waals surface area contributed by atoms with Crippen LogP contribution in [0.1, 0.15) is 12.0 Å². The molecule has 144 valence electrons. The topological polar surface area (TPSA) is 90.8 Å². The zero-order chi connectivity index (χ0) is 19.3. The fraction of sp³-hybridized carbons (Fsp3) is 0.412. The lowest BCUT2D eigenvalue weighted by Crippen LogP contribution is -2.35. The maximum atomic E-state index is 13.4. The van der Waals surface area contributed by atoms with Gasteiger partial charge in [-0.1, -0.05) is 12.1 Å². The molecule has 0 aliphatic carbocycles. The Kier molecular flexibility index (Phi) is 4.26. The average molecular weight is 397 g/mol. The lowest BCUT2D eigenvalue weighted by molar-refractivity contribution is 0.151. The minimum atomic E-state index is -3.99. The van der Waals surface area contributed by atoms with Crippen molar-refractivity contribution in [2.24, 2.45) is 11.8 Å². The minimum Gasteiger partial charge on any atom is -0.465 e. The van der Waals surface area contributed by atoms with E-state index in [1.165, 1.54) is 27.5 Å². The van der Waals surface area contributed by atoms with Crippen LogP contribution in [0.5, 0.6) is 0 Å². The Morgan fingerprint density at radius 2 is 1.81 bits per heavy atom. The van der Waals surface area contributed by atoms with E-state index in [0.29, 0.717) is 5.39 Å². The van der Waals surface area contributed by atoms with Gasteiger partial charge in [0.1, 0.15) is 0 Å². The van der Waals surface area contributed by atoms with Gasteiger partial charge in [0.25, 0.3) is 6.43 Å². The Bertz CT molecular complexity index is 995. The molecule has 27 heavy (non-hydrogen) atoms. The molecular weight excluding hydrogens is 380 g/mol. The quantitative estimate of drug-likeness (QED) is 0.859. The van der Waals surface area contributed by atoms with Crippen LogP contribution in [0, 0.1) is 11.8 Å². The molecule has 2 saturated heterocycles. The fourth-order valence-electron chi connectivity index (χ4n) is 4.05. The Labute approximate surface area is 154 Å². The van der Waals surface area contributed by atoms with Crippen molar-refractivity contribution in [2.75, 3.05) is 26.2 Å². The van der Waals surface area contributed by atoms with Crippen molar-refractivity contribution in [3.63, 3.8) is 0 Å². The molecule has 1 aromatic heterocycles. The Hall–Kier alpha value is -2.33. The van der Waals surface area contributed by atoms with Crippen molar-refractivity contribution < 1.29 is 27.1 Å². The monoisotopic (exact) mass is 397 g/mol. The molecule has 1 N–H and O–H groups in total. The summed E-state index contributed by atoms with van der Waals surface area (Å²) in [6.45, 7) is 0.937. The van der Waals surface area contributed by atoms with Gasteiger partial charge in [0.05, 0.1) is 4.90 Å². The van der Waals surface area contributed by atoms with Crippen LogP contribution >= 0.6 is 0 Å². The number of likely N-dealkylation sites (tertiary alicyclic amines) is 1. The van der Waals surface area contributed by atoms with Gasteiger partial charge >= 0.3 is 6.09 Å². The number of aromatic nitrogens is 1. The number of nitrogens with zero attached hydrogens (tertiary/aromatic N) is 3. The summed E-state index contributed by atoms with van der Waals surface area (Å²) in [5.74, 6) is -0.163. The zero-order valence-electron chi connectivity index (χ0n) is 14.1. The molecule has 3 heterocycles. The summed E-state index contributed by atoms with van der Waals surface area (Å²) < 4.78 is 54.6. The second-order valence-corrected chi connectivity index (χ2v) is 8.82. The number of carbonyl (C=O) groups is 1. The van der Waals surface area contributed by atoms with E-state index in [2.05, 4.69) is 4.98 Å². The smallest absolute Gasteiger partial charge is 0.407 e. The second-order valence-electron chi connectivity index (χ2n) is 6.91. The number of alkyl halides is 2. The number of carboxylic acid groups (broad SMARTS) is 1. The maximum absolute atomic E-state index is 13.4. The summed E-state index contributed by atoms with van der Waals surface area (Å²) in [6, 6.07) is 4.40. The van der Waals surface area contributed by atoms with Crippen molar-refractivity contribution in [3.8, 4) is 0 Å². The van der Waals surface area contributed by atoms with Gasteiger partial charge in [-0.3, -0.25) is 4.98 Å². The molecule has 2 aromatic rings. The number of sulfonamides is 1. The third kappa shape index (κ3) is 2.92. The van der Waals surface area contributed by atoms with Gasteiger partial charge in [-0.25, -0.2) is 22.0 Å². The van der Waals surface area contributed by atoms with Gasteiger partial charge < -0.3 is 10.0 Å². The molecule has 2 fully saturated rings. The van der Waals surface area contributed by atoms with Crippen molar-refractivity contribution in [2.45, 2.75) is 11.3 Å². The summed E-state index contributed by atoms with van der Waals surface area (Å²) in [5.41, 5.74) is -0.414. The van der Waals surface area contributed by atoms with Gasteiger partial charge in [-0.05, 0) is 17.9 Å². The molecule has 2 unspecified atom stereocenters. The zero-order valence-corrected chi connectivity index (χ0v) is 14.9.